The minimum absolute atomic E-state index is 0.0205. The maximum Gasteiger partial charge on any atom is 0.205 e. The molecule has 0 radical (unpaired) electrons. The molecule has 0 aliphatic carbocycles. The predicted molar refractivity (Wildman–Crippen MR) is 110 cm³/mol. The van der Waals surface area contributed by atoms with E-state index in [0.29, 0.717) is 32.7 Å². The van der Waals surface area contributed by atoms with E-state index in [1.54, 1.807) is 36.5 Å². The Morgan fingerprint density at radius 2 is 1.93 bits per heavy atom. The quantitative estimate of drug-likeness (QED) is 0.238. The summed E-state index contributed by atoms with van der Waals surface area (Å²) in [5.74, 6) is 0.526. The minimum Gasteiger partial charge on any atom is -0.457 e. The molecule has 2 aromatic heterocycles. The molecule has 0 saturated heterocycles. The van der Waals surface area contributed by atoms with Gasteiger partial charge in [0.2, 0.25) is 5.78 Å². The number of para-hydroxylation sites is 1. The molecular formula is C22H12Cl2N2O2. The van der Waals surface area contributed by atoms with Crippen molar-refractivity contribution in [1.82, 2.24) is 4.98 Å². The number of hydrogen-bond acceptors (Lipinski definition) is 3. The van der Waals surface area contributed by atoms with Crippen LogP contribution in [-0.2, 0) is 0 Å². The van der Waals surface area contributed by atoms with E-state index in [2.05, 4.69) is 4.98 Å². The SMILES string of the molecule is N#CC(=Cc1ccc(-c2ccc(Cl)cc2Cl)o1)C(=O)c1c[nH]c2ccccc12. The summed E-state index contributed by atoms with van der Waals surface area (Å²) in [7, 11) is 0. The molecule has 1 N–H and O–H groups in total. The zero-order chi connectivity index (χ0) is 19.7. The third kappa shape index (κ3) is 3.34. The zero-order valence-electron chi connectivity index (χ0n) is 14.4. The molecule has 0 saturated carbocycles. The number of carbonyl (C=O) groups is 1. The number of Topliss-reactive ketones (excluding diaryl/α,β-unsaturated/α-hetero) is 1. The van der Waals surface area contributed by atoms with Crippen LogP contribution in [0.5, 0.6) is 0 Å². The Labute approximate surface area is 170 Å². The summed E-state index contributed by atoms with van der Waals surface area (Å²) in [5, 5.41) is 11.2. The number of hydrogen-bond donors (Lipinski definition) is 1. The minimum atomic E-state index is -0.373. The normalized spacial score (nSPS) is 11.5. The Morgan fingerprint density at radius 1 is 1.11 bits per heavy atom. The van der Waals surface area contributed by atoms with Gasteiger partial charge in [-0.25, -0.2) is 0 Å². The van der Waals surface area contributed by atoms with Crippen LogP contribution in [-0.4, -0.2) is 10.8 Å². The maximum atomic E-state index is 12.8. The number of nitrogens with zero attached hydrogens (tertiary/aromatic N) is 1. The molecule has 2 aromatic carbocycles. The second-order valence-corrected chi connectivity index (χ2v) is 6.92. The van der Waals surface area contributed by atoms with Crippen LogP contribution in [0.4, 0.5) is 0 Å². The molecule has 0 spiro atoms. The van der Waals surface area contributed by atoms with E-state index in [-0.39, 0.29) is 11.4 Å². The third-order valence-electron chi connectivity index (χ3n) is 4.31. The van der Waals surface area contributed by atoms with Gasteiger partial charge in [-0.2, -0.15) is 5.26 Å². The fourth-order valence-electron chi connectivity index (χ4n) is 2.96. The van der Waals surface area contributed by atoms with Gasteiger partial charge in [-0.15, -0.1) is 0 Å². The van der Waals surface area contributed by atoms with Gasteiger partial charge in [0.25, 0.3) is 0 Å². The summed E-state index contributed by atoms with van der Waals surface area (Å²) in [6.45, 7) is 0. The molecule has 0 amide bonds. The van der Waals surface area contributed by atoms with Gasteiger partial charge in [0, 0.05) is 39.3 Å². The first-order chi connectivity index (χ1) is 13.6. The predicted octanol–water partition coefficient (Wildman–Crippen LogP) is 6.52. The number of rotatable bonds is 4. The molecule has 0 atom stereocenters. The third-order valence-corrected chi connectivity index (χ3v) is 4.86. The first-order valence-electron chi connectivity index (χ1n) is 8.34. The first kappa shape index (κ1) is 18.1. The molecule has 2 heterocycles. The van der Waals surface area contributed by atoms with Crippen molar-refractivity contribution in [3.63, 3.8) is 0 Å². The molecule has 4 aromatic rings. The van der Waals surface area contributed by atoms with Crippen LogP contribution in [0.3, 0.4) is 0 Å². The lowest BCUT2D eigenvalue weighted by Gasteiger charge is -2.01. The zero-order valence-corrected chi connectivity index (χ0v) is 15.9. The van der Waals surface area contributed by atoms with Crippen LogP contribution in [0.1, 0.15) is 16.1 Å². The van der Waals surface area contributed by atoms with Crippen LogP contribution in [0.2, 0.25) is 10.0 Å². The molecule has 4 rings (SSSR count). The molecule has 0 aliphatic heterocycles. The molecule has 0 fully saturated rings. The Hall–Kier alpha value is -3.26. The van der Waals surface area contributed by atoms with Crippen LogP contribution < -0.4 is 0 Å². The fourth-order valence-corrected chi connectivity index (χ4v) is 3.46. The number of ketones is 1. The Morgan fingerprint density at radius 3 is 2.71 bits per heavy atom. The summed E-state index contributed by atoms with van der Waals surface area (Å²) in [6.07, 6.45) is 3.04. The van der Waals surface area contributed by atoms with E-state index < -0.39 is 0 Å². The van der Waals surface area contributed by atoms with Gasteiger partial charge in [-0.3, -0.25) is 4.79 Å². The molecule has 6 heteroatoms. The van der Waals surface area contributed by atoms with E-state index in [9.17, 15) is 10.1 Å². The van der Waals surface area contributed by atoms with E-state index in [1.807, 2.05) is 30.3 Å². The van der Waals surface area contributed by atoms with Crippen molar-refractivity contribution in [2.75, 3.05) is 0 Å². The van der Waals surface area contributed by atoms with Crippen molar-refractivity contribution >= 4 is 46.0 Å². The van der Waals surface area contributed by atoms with Gasteiger partial charge in [-0.1, -0.05) is 41.4 Å². The molecule has 136 valence electrons. The van der Waals surface area contributed by atoms with Gasteiger partial charge >= 0.3 is 0 Å². The van der Waals surface area contributed by atoms with Gasteiger partial charge in [0.1, 0.15) is 23.2 Å². The van der Waals surface area contributed by atoms with Crippen LogP contribution in [0.15, 0.2) is 70.8 Å². The summed E-state index contributed by atoms with van der Waals surface area (Å²) < 4.78 is 5.76. The van der Waals surface area contributed by atoms with Crippen molar-refractivity contribution in [2.45, 2.75) is 0 Å². The van der Waals surface area contributed by atoms with Gasteiger partial charge in [0.05, 0.1) is 5.02 Å². The highest BCUT2D eigenvalue weighted by atomic mass is 35.5. The highest BCUT2D eigenvalue weighted by Gasteiger charge is 2.17. The Bertz CT molecular complexity index is 1280. The first-order valence-corrected chi connectivity index (χ1v) is 9.10. The monoisotopic (exact) mass is 406 g/mol. The summed E-state index contributed by atoms with van der Waals surface area (Å²) in [6, 6.07) is 17.9. The van der Waals surface area contributed by atoms with Crippen molar-refractivity contribution in [1.29, 1.82) is 5.26 Å². The molecule has 0 unspecified atom stereocenters. The van der Waals surface area contributed by atoms with Crippen molar-refractivity contribution in [3.05, 3.63) is 87.7 Å². The number of fused-ring (bicyclic) bond motifs is 1. The number of nitriles is 1. The lowest BCUT2D eigenvalue weighted by atomic mass is 10.0. The lowest BCUT2D eigenvalue weighted by molar-refractivity contribution is 0.104. The number of benzene rings is 2. The van der Waals surface area contributed by atoms with Crippen molar-refractivity contribution in [3.8, 4) is 17.4 Å². The lowest BCUT2D eigenvalue weighted by Crippen LogP contribution is -2.00. The van der Waals surface area contributed by atoms with Gasteiger partial charge in [0.15, 0.2) is 0 Å². The standard InChI is InChI=1S/C22H12Cl2N2O2/c23-14-5-7-17(19(24)10-14)21-8-6-15(28-21)9-13(11-25)22(27)18-12-26-20-4-2-1-3-16(18)20/h1-10,12,26H. The van der Waals surface area contributed by atoms with Crippen molar-refractivity contribution in [2.24, 2.45) is 0 Å². The largest absolute Gasteiger partial charge is 0.457 e. The van der Waals surface area contributed by atoms with E-state index in [0.717, 1.165) is 10.9 Å². The van der Waals surface area contributed by atoms with Crippen LogP contribution in [0, 0.1) is 11.3 Å². The number of carbonyl (C=O) groups excluding carboxylic acids is 1. The second kappa shape index (κ2) is 7.40. The fraction of sp³-hybridized carbons (Fsp3) is 0. The smallest absolute Gasteiger partial charge is 0.205 e. The molecule has 0 aliphatic rings. The maximum absolute atomic E-state index is 12.8. The molecule has 28 heavy (non-hydrogen) atoms. The summed E-state index contributed by atoms with van der Waals surface area (Å²) in [5.41, 5.74) is 1.93. The van der Waals surface area contributed by atoms with E-state index >= 15 is 0 Å². The van der Waals surface area contributed by atoms with Crippen LogP contribution >= 0.6 is 23.2 Å². The average molecular weight is 407 g/mol. The number of aromatic amines is 1. The number of halogens is 2. The Balaban J connectivity index is 1.68. The summed E-state index contributed by atoms with van der Waals surface area (Å²) in [4.78, 5) is 15.9. The number of allylic oxidation sites excluding steroid dienone is 1. The van der Waals surface area contributed by atoms with Crippen molar-refractivity contribution < 1.29 is 9.21 Å². The van der Waals surface area contributed by atoms with E-state index in [1.165, 1.54) is 6.08 Å². The highest BCUT2D eigenvalue weighted by molar-refractivity contribution is 6.36. The number of furan rings is 1. The molecule has 0 bridgehead atoms. The Kier molecular flexibility index (Phi) is 4.79. The average Bonchev–Trinajstić information content (AvgIpc) is 3.32. The highest BCUT2D eigenvalue weighted by Crippen LogP contribution is 2.32. The number of H-pyrrole nitrogens is 1. The van der Waals surface area contributed by atoms with Gasteiger partial charge in [-0.05, 0) is 36.4 Å². The van der Waals surface area contributed by atoms with E-state index in [4.69, 9.17) is 27.6 Å². The molecular weight excluding hydrogens is 395 g/mol. The topological polar surface area (TPSA) is 69.8 Å². The van der Waals surface area contributed by atoms with Crippen LogP contribution in [0.25, 0.3) is 28.3 Å². The number of nitrogens with one attached hydrogen (secondary N) is 1. The second-order valence-electron chi connectivity index (χ2n) is 6.07. The van der Waals surface area contributed by atoms with Gasteiger partial charge < -0.3 is 9.40 Å². The number of aromatic nitrogens is 1. The summed E-state index contributed by atoms with van der Waals surface area (Å²) >= 11 is 12.1. The molecule has 4 nitrogen and oxygen atoms in total.